The molecule has 128 valence electrons. The standard InChI is InChI=1S/C18H12N4O3S/c1-19-14-6-8-15(9-7-14)25-18-20-11-10-17(21-18)22-12-13-4-2-3-5-16(13)26(22,23)24/h2-11H,12H2. The second-order valence-corrected chi connectivity index (χ2v) is 7.36. The summed E-state index contributed by atoms with van der Waals surface area (Å²) in [5.74, 6) is 0.700. The monoisotopic (exact) mass is 364 g/mol. The molecular formula is C18H12N4O3S. The Balaban J connectivity index is 1.63. The predicted octanol–water partition coefficient (Wildman–Crippen LogP) is 3.53. The lowest BCUT2D eigenvalue weighted by Crippen LogP contribution is -2.24. The molecule has 2 heterocycles. The van der Waals surface area contributed by atoms with Crippen molar-refractivity contribution in [3.8, 4) is 11.8 Å². The molecule has 7 nitrogen and oxygen atoms in total. The highest BCUT2D eigenvalue weighted by Gasteiger charge is 2.35. The molecule has 2 aromatic carbocycles. The average Bonchev–Trinajstić information content (AvgIpc) is 2.94. The fourth-order valence-corrected chi connectivity index (χ4v) is 4.27. The fourth-order valence-electron chi connectivity index (χ4n) is 2.66. The van der Waals surface area contributed by atoms with Crippen molar-refractivity contribution in [2.45, 2.75) is 11.4 Å². The maximum Gasteiger partial charge on any atom is 0.323 e. The summed E-state index contributed by atoms with van der Waals surface area (Å²) in [6.45, 7) is 7.17. The number of rotatable bonds is 3. The first kappa shape index (κ1) is 16.1. The Bertz CT molecular complexity index is 1120. The second-order valence-electron chi connectivity index (χ2n) is 5.52. The molecule has 0 saturated carbocycles. The smallest absolute Gasteiger partial charge is 0.323 e. The van der Waals surface area contributed by atoms with Gasteiger partial charge in [0.25, 0.3) is 10.0 Å². The van der Waals surface area contributed by atoms with Crippen LogP contribution in [-0.4, -0.2) is 18.4 Å². The zero-order chi connectivity index (χ0) is 18.1. The van der Waals surface area contributed by atoms with Gasteiger partial charge in [0.05, 0.1) is 18.0 Å². The van der Waals surface area contributed by atoms with Crippen LogP contribution < -0.4 is 9.04 Å². The highest BCUT2D eigenvalue weighted by atomic mass is 32.2. The SMILES string of the molecule is [C-]#[N+]c1ccc(Oc2nccc(N3Cc4ccccc4S3(=O)=O)n2)cc1. The topological polar surface area (TPSA) is 76.8 Å². The van der Waals surface area contributed by atoms with Gasteiger partial charge in [-0.15, -0.1) is 0 Å². The van der Waals surface area contributed by atoms with Crippen LogP contribution in [0.15, 0.2) is 65.7 Å². The Hall–Kier alpha value is -3.44. The van der Waals surface area contributed by atoms with Crippen LogP contribution in [0.25, 0.3) is 4.85 Å². The summed E-state index contributed by atoms with van der Waals surface area (Å²) in [5, 5.41) is 0. The van der Waals surface area contributed by atoms with Crippen LogP contribution in [0.2, 0.25) is 0 Å². The molecule has 4 rings (SSSR count). The van der Waals surface area contributed by atoms with E-state index in [0.717, 1.165) is 5.56 Å². The molecule has 8 heteroatoms. The zero-order valence-corrected chi connectivity index (χ0v) is 14.2. The predicted molar refractivity (Wildman–Crippen MR) is 94.6 cm³/mol. The minimum atomic E-state index is -3.64. The van der Waals surface area contributed by atoms with Gasteiger partial charge in [0.1, 0.15) is 11.6 Å². The van der Waals surface area contributed by atoms with Gasteiger partial charge in [-0.2, -0.15) is 4.98 Å². The van der Waals surface area contributed by atoms with Crippen molar-refractivity contribution in [2.75, 3.05) is 4.31 Å². The molecular weight excluding hydrogens is 352 g/mol. The lowest BCUT2D eigenvalue weighted by Gasteiger charge is -2.16. The molecule has 0 amide bonds. The first-order valence-electron chi connectivity index (χ1n) is 7.67. The van der Waals surface area contributed by atoms with E-state index in [1.165, 1.54) is 16.6 Å². The third-order valence-corrected chi connectivity index (χ3v) is 5.75. The van der Waals surface area contributed by atoms with Crippen molar-refractivity contribution in [1.29, 1.82) is 0 Å². The van der Waals surface area contributed by atoms with E-state index < -0.39 is 10.0 Å². The summed E-state index contributed by atoms with van der Waals surface area (Å²) < 4.78 is 32.2. The molecule has 1 aliphatic rings. The lowest BCUT2D eigenvalue weighted by atomic mass is 10.2. The highest BCUT2D eigenvalue weighted by molar-refractivity contribution is 7.93. The van der Waals surface area contributed by atoms with E-state index in [-0.39, 0.29) is 23.3 Å². The number of nitrogens with zero attached hydrogens (tertiary/aromatic N) is 4. The van der Waals surface area contributed by atoms with Crippen LogP contribution in [-0.2, 0) is 16.6 Å². The third-order valence-electron chi connectivity index (χ3n) is 3.90. The summed E-state index contributed by atoms with van der Waals surface area (Å²) in [6, 6.07) is 14.9. The van der Waals surface area contributed by atoms with E-state index in [4.69, 9.17) is 11.3 Å². The molecule has 0 bridgehead atoms. The van der Waals surface area contributed by atoms with E-state index in [0.29, 0.717) is 11.4 Å². The molecule has 0 spiro atoms. The lowest BCUT2D eigenvalue weighted by molar-refractivity contribution is 0.442. The Morgan fingerprint density at radius 1 is 1.08 bits per heavy atom. The maximum atomic E-state index is 12.7. The minimum absolute atomic E-state index is 0.0317. The Kier molecular flexibility index (Phi) is 3.78. The van der Waals surface area contributed by atoms with Crippen molar-refractivity contribution >= 4 is 21.5 Å². The molecule has 0 N–H and O–H groups in total. The molecule has 0 radical (unpaired) electrons. The van der Waals surface area contributed by atoms with Gasteiger partial charge in [-0.1, -0.05) is 30.3 Å². The summed E-state index contributed by atoms with van der Waals surface area (Å²) in [6.07, 6.45) is 1.45. The molecule has 26 heavy (non-hydrogen) atoms. The number of fused-ring (bicyclic) bond motifs is 1. The highest BCUT2D eigenvalue weighted by Crippen LogP contribution is 2.34. The van der Waals surface area contributed by atoms with E-state index in [9.17, 15) is 8.42 Å². The van der Waals surface area contributed by atoms with Crippen LogP contribution >= 0.6 is 0 Å². The normalized spacial score (nSPS) is 14.5. The molecule has 0 saturated heterocycles. The van der Waals surface area contributed by atoms with Gasteiger partial charge in [-0.05, 0) is 23.8 Å². The van der Waals surface area contributed by atoms with E-state index >= 15 is 0 Å². The van der Waals surface area contributed by atoms with Crippen molar-refractivity contribution < 1.29 is 13.2 Å². The van der Waals surface area contributed by atoms with Crippen molar-refractivity contribution in [2.24, 2.45) is 0 Å². The summed E-state index contributed by atoms with van der Waals surface area (Å²) >= 11 is 0. The van der Waals surface area contributed by atoms with Gasteiger partial charge in [0.15, 0.2) is 5.69 Å². The third kappa shape index (κ3) is 2.74. The first-order chi connectivity index (χ1) is 12.6. The van der Waals surface area contributed by atoms with Crippen molar-refractivity contribution in [1.82, 2.24) is 9.97 Å². The van der Waals surface area contributed by atoms with Crippen molar-refractivity contribution in [3.63, 3.8) is 0 Å². The van der Waals surface area contributed by atoms with Gasteiger partial charge in [0, 0.05) is 12.3 Å². The summed E-state index contributed by atoms with van der Waals surface area (Å²) in [5.41, 5.74) is 1.22. The number of hydrogen-bond donors (Lipinski definition) is 0. The molecule has 0 fully saturated rings. The molecule has 0 aliphatic carbocycles. The quantitative estimate of drug-likeness (QED) is 0.665. The summed E-state index contributed by atoms with van der Waals surface area (Å²) in [4.78, 5) is 11.9. The Morgan fingerprint density at radius 2 is 1.85 bits per heavy atom. The Morgan fingerprint density at radius 3 is 2.58 bits per heavy atom. The molecule has 0 unspecified atom stereocenters. The second kappa shape index (κ2) is 6.13. The van der Waals surface area contributed by atoms with Crippen LogP contribution in [0.4, 0.5) is 11.5 Å². The number of ether oxygens (including phenoxy) is 1. The number of aromatic nitrogens is 2. The molecule has 3 aromatic rings. The van der Waals surface area contributed by atoms with Crippen LogP contribution in [0.1, 0.15) is 5.56 Å². The van der Waals surface area contributed by atoms with Gasteiger partial charge < -0.3 is 4.74 Å². The average molecular weight is 364 g/mol. The van der Waals surface area contributed by atoms with Crippen LogP contribution in [0.3, 0.4) is 0 Å². The summed E-state index contributed by atoms with van der Waals surface area (Å²) in [7, 11) is -3.64. The molecule has 0 atom stereocenters. The first-order valence-corrected chi connectivity index (χ1v) is 9.11. The number of hydrogen-bond acceptors (Lipinski definition) is 5. The van der Waals surface area contributed by atoms with Gasteiger partial charge >= 0.3 is 6.01 Å². The molecule has 1 aromatic heterocycles. The van der Waals surface area contributed by atoms with Gasteiger partial charge in [-0.3, -0.25) is 0 Å². The largest absolute Gasteiger partial charge is 0.424 e. The van der Waals surface area contributed by atoms with Crippen LogP contribution in [0.5, 0.6) is 11.8 Å². The van der Waals surface area contributed by atoms with E-state index in [1.54, 1.807) is 48.5 Å². The van der Waals surface area contributed by atoms with Crippen molar-refractivity contribution in [3.05, 3.63) is 77.8 Å². The zero-order valence-electron chi connectivity index (χ0n) is 13.4. The number of sulfonamides is 1. The Labute approximate surface area is 150 Å². The number of benzene rings is 2. The van der Waals surface area contributed by atoms with Crippen LogP contribution in [0, 0.1) is 6.57 Å². The maximum absolute atomic E-state index is 12.7. The minimum Gasteiger partial charge on any atom is -0.424 e. The van der Waals surface area contributed by atoms with E-state index in [1.807, 2.05) is 0 Å². The van der Waals surface area contributed by atoms with Gasteiger partial charge in [0.2, 0.25) is 0 Å². The fraction of sp³-hybridized carbons (Fsp3) is 0.0556. The van der Waals surface area contributed by atoms with E-state index in [2.05, 4.69) is 14.8 Å². The van der Waals surface area contributed by atoms with Gasteiger partial charge in [-0.25, -0.2) is 22.6 Å². The molecule has 1 aliphatic heterocycles. The number of anilines is 1.